The molecule has 1 N–H and O–H groups in total. The lowest BCUT2D eigenvalue weighted by molar-refractivity contribution is 0.345. The van der Waals surface area contributed by atoms with Crippen LogP contribution in [-0.2, 0) is 4.43 Å². The molecule has 0 aliphatic carbocycles. The van der Waals surface area contributed by atoms with Crippen molar-refractivity contribution in [2.75, 3.05) is 19.7 Å². The van der Waals surface area contributed by atoms with E-state index in [0.717, 1.165) is 30.2 Å². The number of likely N-dealkylation sites (N-methyl/N-ethyl adjacent to an activating group) is 1. The summed E-state index contributed by atoms with van der Waals surface area (Å²) in [6, 6.07) is 0. The molecular weight excluding hydrogens is 106 g/mol. The van der Waals surface area contributed by atoms with Crippen LogP contribution in [0.4, 0.5) is 0 Å². The first-order chi connectivity index (χ1) is 3.41. The van der Waals surface area contributed by atoms with Gasteiger partial charge in [-0.2, -0.15) is 0 Å². The number of rotatable bonds is 4. The van der Waals surface area contributed by atoms with Crippen molar-refractivity contribution >= 4 is 10.5 Å². The van der Waals surface area contributed by atoms with Gasteiger partial charge in [-0.15, -0.1) is 0 Å². The Hall–Kier alpha value is 0.137. The van der Waals surface area contributed by atoms with Gasteiger partial charge in [-0.05, 0) is 6.54 Å². The van der Waals surface area contributed by atoms with E-state index < -0.39 is 0 Å². The molecule has 0 radical (unpaired) electrons. The standard InChI is InChI=1S/C4H13NOSi/c1-2-5-3-4-6-7/h5H,2-4H2,1,7H3. The summed E-state index contributed by atoms with van der Waals surface area (Å²) >= 11 is 0. The minimum absolute atomic E-state index is 0.866. The van der Waals surface area contributed by atoms with Gasteiger partial charge in [0.15, 0.2) is 0 Å². The number of hydrogen-bond acceptors (Lipinski definition) is 2. The molecule has 0 fully saturated rings. The molecule has 44 valence electrons. The second-order valence-electron chi connectivity index (χ2n) is 1.35. The van der Waals surface area contributed by atoms with Gasteiger partial charge < -0.3 is 9.74 Å². The van der Waals surface area contributed by atoms with Crippen LogP contribution in [0.3, 0.4) is 0 Å². The van der Waals surface area contributed by atoms with Crippen LogP contribution in [-0.4, -0.2) is 30.2 Å². The summed E-state index contributed by atoms with van der Waals surface area (Å²) in [4.78, 5) is 0. The van der Waals surface area contributed by atoms with Gasteiger partial charge in [-0.1, -0.05) is 6.92 Å². The predicted molar refractivity (Wildman–Crippen MR) is 34.4 cm³/mol. The van der Waals surface area contributed by atoms with E-state index in [1.54, 1.807) is 0 Å². The first-order valence-electron chi connectivity index (χ1n) is 2.61. The van der Waals surface area contributed by atoms with Crippen molar-refractivity contribution in [3.05, 3.63) is 0 Å². The van der Waals surface area contributed by atoms with Crippen molar-refractivity contribution in [3.63, 3.8) is 0 Å². The summed E-state index contributed by atoms with van der Waals surface area (Å²) < 4.78 is 4.92. The van der Waals surface area contributed by atoms with Crippen molar-refractivity contribution < 1.29 is 4.43 Å². The summed E-state index contributed by atoms with van der Waals surface area (Å²) in [5, 5.41) is 3.15. The summed E-state index contributed by atoms with van der Waals surface area (Å²) in [6.07, 6.45) is 0. The zero-order chi connectivity index (χ0) is 5.54. The third-order valence-corrected chi connectivity index (χ3v) is 1.14. The largest absolute Gasteiger partial charge is 0.427 e. The zero-order valence-electron chi connectivity index (χ0n) is 5.03. The van der Waals surface area contributed by atoms with Crippen LogP contribution in [0.5, 0.6) is 0 Å². The molecule has 0 saturated heterocycles. The molecule has 0 rings (SSSR count). The maximum Gasteiger partial charge on any atom is 0.146 e. The lowest BCUT2D eigenvalue weighted by Gasteiger charge is -1.96. The van der Waals surface area contributed by atoms with Crippen LogP contribution in [0, 0.1) is 0 Å². The van der Waals surface area contributed by atoms with Crippen molar-refractivity contribution in [1.29, 1.82) is 0 Å². The van der Waals surface area contributed by atoms with Gasteiger partial charge in [0.1, 0.15) is 10.5 Å². The molecule has 0 aromatic carbocycles. The van der Waals surface area contributed by atoms with Crippen molar-refractivity contribution in [2.45, 2.75) is 6.92 Å². The van der Waals surface area contributed by atoms with E-state index in [-0.39, 0.29) is 0 Å². The van der Waals surface area contributed by atoms with Gasteiger partial charge in [0.2, 0.25) is 0 Å². The highest BCUT2D eigenvalue weighted by atomic mass is 28.2. The Morgan fingerprint density at radius 3 is 2.86 bits per heavy atom. The molecule has 0 aliphatic heterocycles. The van der Waals surface area contributed by atoms with Crippen molar-refractivity contribution in [2.24, 2.45) is 0 Å². The summed E-state index contributed by atoms with van der Waals surface area (Å²) in [5.74, 6) is 0. The van der Waals surface area contributed by atoms with Gasteiger partial charge in [0.05, 0.1) is 0 Å². The number of hydrogen-bond donors (Lipinski definition) is 1. The van der Waals surface area contributed by atoms with E-state index in [2.05, 4.69) is 12.2 Å². The Labute approximate surface area is 47.8 Å². The highest BCUT2D eigenvalue weighted by molar-refractivity contribution is 5.97. The first kappa shape index (κ1) is 7.14. The van der Waals surface area contributed by atoms with Crippen molar-refractivity contribution in [3.8, 4) is 0 Å². The highest BCUT2D eigenvalue weighted by Crippen LogP contribution is 1.60. The Kier molecular flexibility index (Phi) is 6.26. The Balaban J connectivity index is 2.45. The van der Waals surface area contributed by atoms with Crippen LogP contribution in [0.2, 0.25) is 0 Å². The average molecular weight is 119 g/mol. The molecule has 0 aromatic rings. The molecule has 0 amide bonds. The van der Waals surface area contributed by atoms with E-state index in [1.165, 1.54) is 0 Å². The average Bonchev–Trinajstić information content (AvgIpc) is 1.69. The van der Waals surface area contributed by atoms with Crippen LogP contribution >= 0.6 is 0 Å². The van der Waals surface area contributed by atoms with E-state index in [0.29, 0.717) is 0 Å². The lowest BCUT2D eigenvalue weighted by atomic mass is 10.6. The zero-order valence-corrected chi connectivity index (χ0v) is 7.03. The normalized spacial score (nSPS) is 9.86. The SMILES string of the molecule is CCNCCO[SiH3]. The van der Waals surface area contributed by atoms with Gasteiger partial charge in [-0.25, -0.2) is 0 Å². The van der Waals surface area contributed by atoms with E-state index >= 15 is 0 Å². The Morgan fingerprint density at radius 1 is 1.71 bits per heavy atom. The smallest absolute Gasteiger partial charge is 0.146 e. The Bertz CT molecular complexity index is 30.9. The van der Waals surface area contributed by atoms with Gasteiger partial charge >= 0.3 is 0 Å². The van der Waals surface area contributed by atoms with Crippen molar-refractivity contribution in [1.82, 2.24) is 5.32 Å². The third kappa shape index (κ3) is 6.14. The topological polar surface area (TPSA) is 21.3 Å². The molecule has 0 spiro atoms. The molecule has 0 saturated carbocycles. The quantitative estimate of drug-likeness (QED) is 0.374. The maximum atomic E-state index is 4.92. The third-order valence-electron chi connectivity index (χ3n) is 0.733. The second kappa shape index (κ2) is 6.14. The molecule has 0 heterocycles. The van der Waals surface area contributed by atoms with Gasteiger partial charge in [0.25, 0.3) is 0 Å². The molecule has 0 aliphatic rings. The molecule has 3 heteroatoms. The van der Waals surface area contributed by atoms with Gasteiger partial charge in [0, 0.05) is 13.2 Å². The first-order valence-corrected chi connectivity index (χ1v) is 3.43. The van der Waals surface area contributed by atoms with Crippen LogP contribution in [0.1, 0.15) is 6.92 Å². The lowest BCUT2D eigenvalue weighted by Crippen LogP contribution is -2.18. The molecule has 0 bridgehead atoms. The molecule has 7 heavy (non-hydrogen) atoms. The molecule has 0 aromatic heterocycles. The fourth-order valence-electron chi connectivity index (χ4n) is 0.351. The Morgan fingerprint density at radius 2 is 2.43 bits per heavy atom. The minimum atomic E-state index is 0.866. The van der Waals surface area contributed by atoms with Crippen LogP contribution in [0.25, 0.3) is 0 Å². The summed E-state index contributed by atoms with van der Waals surface area (Å²) in [7, 11) is 0.866. The molecule has 0 unspecified atom stereocenters. The summed E-state index contributed by atoms with van der Waals surface area (Å²) in [5.41, 5.74) is 0. The van der Waals surface area contributed by atoms with E-state index in [1.807, 2.05) is 0 Å². The molecule has 2 nitrogen and oxygen atoms in total. The van der Waals surface area contributed by atoms with Gasteiger partial charge in [-0.3, -0.25) is 0 Å². The van der Waals surface area contributed by atoms with E-state index in [4.69, 9.17) is 4.43 Å². The molecular formula is C4H13NOSi. The highest BCUT2D eigenvalue weighted by Gasteiger charge is 1.76. The maximum absolute atomic E-state index is 4.92. The fourth-order valence-corrected chi connectivity index (χ4v) is 0.555. The second-order valence-corrected chi connectivity index (χ2v) is 1.92. The van der Waals surface area contributed by atoms with Crippen LogP contribution in [0.15, 0.2) is 0 Å². The number of nitrogens with one attached hydrogen (secondary N) is 1. The fraction of sp³-hybridized carbons (Fsp3) is 1.00. The summed E-state index contributed by atoms with van der Waals surface area (Å²) in [6.45, 7) is 5.01. The van der Waals surface area contributed by atoms with Crippen LogP contribution < -0.4 is 5.32 Å². The monoisotopic (exact) mass is 119 g/mol. The predicted octanol–water partition coefficient (Wildman–Crippen LogP) is -1.11. The molecule has 0 atom stereocenters. The minimum Gasteiger partial charge on any atom is -0.427 e. The van der Waals surface area contributed by atoms with E-state index in [9.17, 15) is 0 Å².